The van der Waals surface area contributed by atoms with Gasteiger partial charge in [0.2, 0.25) is 5.88 Å². The molecule has 8 heteroatoms. The Morgan fingerprint density at radius 1 is 0.893 bits per heavy atom. The normalized spacial score (nSPS) is 10.3. The number of aromatic nitrogens is 1. The van der Waals surface area contributed by atoms with Crippen LogP contribution in [0, 0.1) is 0 Å². The van der Waals surface area contributed by atoms with Crippen molar-refractivity contribution in [1.29, 1.82) is 0 Å². The third-order valence-electron chi connectivity index (χ3n) is 4.11. The second-order valence-corrected chi connectivity index (χ2v) is 5.69. The Bertz CT molecular complexity index is 960. The molecule has 146 valence electrons. The quantitative estimate of drug-likeness (QED) is 0.665. The standard InChI is InChI=1S/C20H20N2O6/c1-24-14-7-13(8-15(10-14)25-2)19(23)22-20-16(11-21-28-20)12-5-6-17(26-3)18(9-12)27-4/h5-11H,1-4H3,(H,22,23). The maximum Gasteiger partial charge on any atom is 0.258 e. The van der Waals surface area contributed by atoms with Gasteiger partial charge in [-0.2, -0.15) is 0 Å². The molecule has 0 fully saturated rings. The molecule has 28 heavy (non-hydrogen) atoms. The van der Waals surface area contributed by atoms with Gasteiger partial charge in [0.1, 0.15) is 11.5 Å². The lowest BCUT2D eigenvalue weighted by molar-refractivity contribution is 0.102. The van der Waals surface area contributed by atoms with Crippen molar-refractivity contribution in [3.8, 4) is 34.1 Å². The smallest absolute Gasteiger partial charge is 0.258 e. The summed E-state index contributed by atoms with van der Waals surface area (Å²) in [6.07, 6.45) is 1.52. The van der Waals surface area contributed by atoms with Gasteiger partial charge in [-0.3, -0.25) is 10.1 Å². The summed E-state index contributed by atoms with van der Waals surface area (Å²) in [5, 5.41) is 6.52. The van der Waals surface area contributed by atoms with Crippen LogP contribution in [-0.4, -0.2) is 39.5 Å². The highest BCUT2D eigenvalue weighted by Gasteiger charge is 2.17. The first kappa shape index (κ1) is 19.1. The summed E-state index contributed by atoms with van der Waals surface area (Å²) in [6, 6.07) is 10.2. The minimum Gasteiger partial charge on any atom is -0.497 e. The van der Waals surface area contributed by atoms with Crippen molar-refractivity contribution in [2.45, 2.75) is 0 Å². The zero-order valence-electron chi connectivity index (χ0n) is 15.9. The van der Waals surface area contributed by atoms with E-state index in [0.717, 1.165) is 5.56 Å². The number of amides is 1. The number of methoxy groups -OCH3 is 4. The highest BCUT2D eigenvalue weighted by Crippen LogP contribution is 2.35. The summed E-state index contributed by atoms with van der Waals surface area (Å²) in [7, 11) is 6.14. The summed E-state index contributed by atoms with van der Waals surface area (Å²) in [4.78, 5) is 12.7. The average molecular weight is 384 g/mol. The maximum absolute atomic E-state index is 12.7. The summed E-state index contributed by atoms with van der Waals surface area (Å²) >= 11 is 0. The second kappa shape index (κ2) is 8.34. The van der Waals surface area contributed by atoms with Crippen LogP contribution < -0.4 is 24.3 Å². The summed E-state index contributed by atoms with van der Waals surface area (Å²) in [5.74, 6) is 1.96. The molecule has 0 aliphatic carbocycles. The lowest BCUT2D eigenvalue weighted by atomic mass is 10.1. The Labute approximate surface area is 162 Å². The molecule has 0 radical (unpaired) electrons. The number of benzene rings is 2. The van der Waals surface area contributed by atoms with Gasteiger partial charge in [-0.25, -0.2) is 0 Å². The number of nitrogens with one attached hydrogen (secondary N) is 1. The number of hydrogen-bond acceptors (Lipinski definition) is 7. The molecule has 3 rings (SSSR count). The van der Waals surface area contributed by atoms with Crippen LogP contribution in [0.5, 0.6) is 23.0 Å². The van der Waals surface area contributed by atoms with E-state index in [1.807, 2.05) is 6.07 Å². The molecule has 0 aliphatic rings. The monoisotopic (exact) mass is 384 g/mol. The van der Waals surface area contributed by atoms with E-state index in [-0.39, 0.29) is 5.88 Å². The Morgan fingerprint density at radius 2 is 1.57 bits per heavy atom. The molecule has 1 aromatic heterocycles. The van der Waals surface area contributed by atoms with Crippen molar-refractivity contribution in [2.24, 2.45) is 0 Å². The van der Waals surface area contributed by atoms with Crippen LogP contribution in [0.3, 0.4) is 0 Å². The topological polar surface area (TPSA) is 92.1 Å². The predicted octanol–water partition coefficient (Wildman–Crippen LogP) is 3.63. The lowest BCUT2D eigenvalue weighted by Crippen LogP contribution is -2.12. The molecule has 0 unspecified atom stereocenters. The largest absolute Gasteiger partial charge is 0.497 e. The zero-order valence-corrected chi connectivity index (χ0v) is 15.9. The minimum absolute atomic E-state index is 0.207. The highest BCUT2D eigenvalue weighted by molar-refractivity contribution is 6.05. The summed E-state index contributed by atoms with van der Waals surface area (Å²) < 4.78 is 26.2. The van der Waals surface area contributed by atoms with Gasteiger partial charge in [0.05, 0.1) is 40.2 Å². The number of carbonyl (C=O) groups is 1. The van der Waals surface area contributed by atoms with Gasteiger partial charge >= 0.3 is 0 Å². The molecular formula is C20H20N2O6. The minimum atomic E-state index is -0.393. The van der Waals surface area contributed by atoms with Crippen molar-refractivity contribution in [2.75, 3.05) is 33.8 Å². The highest BCUT2D eigenvalue weighted by atomic mass is 16.5. The van der Waals surface area contributed by atoms with Crippen LogP contribution in [0.4, 0.5) is 5.88 Å². The zero-order chi connectivity index (χ0) is 20.1. The Kier molecular flexibility index (Phi) is 5.69. The van der Waals surface area contributed by atoms with E-state index in [9.17, 15) is 4.79 Å². The first-order valence-corrected chi connectivity index (χ1v) is 8.31. The molecule has 3 aromatic rings. The van der Waals surface area contributed by atoms with Crippen molar-refractivity contribution in [3.63, 3.8) is 0 Å². The van der Waals surface area contributed by atoms with E-state index in [4.69, 9.17) is 23.5 Å². The van der Waals surface area contributed by atoms with Crippen molar-refractivity contribution in [3.05, 3.63) is 48.2 Å². The Morgan fingerprint density at radius 3 is 2.18 bits per heavy atom. The number of anilines is 1. The molecular weight excluding hydrogens is 364 g/mol. The Hall–Kier alpha value is -3.68. The van der Waals surface area contributed by atoms with Crippen LogP contribution in [0.15, 0.2) is 47.1 Å². The Balaban J connectivity index is 1.90. The molecule has 0 saturated heterocycles. The van der Waals surface area contributed by atoms with Crippen molar-refractivity contribution < 1.29 is 28.3 Å². The fourth-order valence-electron chi connectivity index (χ4n) is 2.65. The molecule has 8 nitrogen and oxygen atoms in total. The lowest BCUT2D eigenvalue weighted by Gasteiger charge is -2.10. The SMILES string of the molecule is COc1cc(OC)cc(C(=O)Nc2oncc2-c2ccc(OC)c(OC)c2)c1. The molecule has 0 bridgehead atoms. The molecule has 1 amide bonds. The third-order valence-corrected chi connectivity index (χ3v) is 4.11. The van der Waals surface area contributed by atoms with E-state index in [1.165, 1.54) is 20.4 Å². The molecule has 0 atom stereocenters. The van der Waals surface area contributed by atoms with E-state index < -0.39 is 5.91 Å². The summed E-state index contributed by atoms with van der Waals surface area (Å²) in [5.41, 5.74) is 1.70. The number of carbonyl (C=O) groups excluding carboxylic acids is 1. The first-order chi connectivity index (χ1) is 13.6. The molecule has 1 heterocycles. The summed E-state index contributed by atoms with van der Waals surface area (Å²) in [6.45, 7) is 0. The molecule has 0 spiro atoms. The van der Waals surface area contributed by atoms with E-state index in [1.54, 1.807) is 44.6 Å². The third kappa shape index (κ3) is 3.85. The van der Waals surface area contributed by atoms with Crippen LogP contribution in [0.1, 0.15) is 10.4 Å². The molecule has 0 saturated carbocycles. The number of ether oxygens (including phenoxy) is 4. The van der Waals surface area contributed by atoms with Gasteiger partial charge < -0.3 is 23.5 Å². The molecule has 1 N–H and O–H groups in total. The van der Waals surface area contributed by atoms with Crippen LogP contribution in [0.25, 0.3) is 11.1 Å². The average Bonchev–Trinajstić information content (AvgIpc) is 3.20. The second-order valence-electron chi connectivity index (χ2n) is 5.69. The van der Waals surface area contributed by atoms with E-state index in [2.05, 4.69) is 10.5 Å². The molecule has 2 aromatic carbocycles. The van der Waals surface area contributed by atoms with Gasteiger partial charge in [-0.15, -0.1) is 0 Å². The maximum atomic E-state index is 12.7. The van der Waals surface area contributed by atoms with Crippen LogP contribution in [0.2, 0.25) is 0 Å². The van der Waals surface area contributed by atoms with Crippen molar-refractivity contribution >= 4 is 11.8 Å². The van der Waals surface area contributed by atoms with E-state index >= 15 is 0 Å². The molecule has 0 aliphatic heterocycles. The van der Waals surface area contributed by atoms with Gasteiger partial charge in [0, 0.05) is 11.6 Å². The van der Waals surface area contributed by atoms with Crippen molar-refractivity contribution in [1.82, 2.24) is 5.16 Å². The number of rotatable bonds is 7. The van der Waals surface area contributed by atoms with E-state index in [0.29, 0.717) is 34.1 Å². The fourth-order valence-corrected chi connectivity index (χ4v) is 2.65. The van der Waals surface area contributed by atoms with Gasteiger partial charge in [-0.05, 0) is 29.8 Å². The van der Waals surface area contributed by atoms with Gasteiger partial charge in [-0.1, -0.05) is 11.2 Å². The van der Waals surface area contributed by atoms with Gasteiger partial charge in [0.25, 0.3) is 5.91 Å². The number of nitrogens with zero attached hydrogens (tertiary/aromatic N) is 1. The van der Waals surface area contributed by atoms with Crippen LogP contribution >= 0.6 is 0 Å². The van der Waals surface area contributed by atoms with Crippen LogP contribution in [-0.2, 0) is 0 Å². The number of hydrogen-bond donors (Lipinski definition) is 1. The van der Waals surface area contributed by atoms with Gasteiger partial charge in [0.15, 0.2) is 11.5 Å². The predicted molar refractivity (Wildman–Crippen MR) is 103 cm³/mol. The fraction of sp³-hybridized carbons (Fsp3) is 0.200. The first-order valence-electron chi connectivity index (χ1n) is 8.31.